The average molecular weight is 289 g/mol. The van der Waals surface area contributed by atoms with Gasteiger partial charge in [-0.2, -0.15) is 0 Å². The molecular formula is C16H27N5. The first-order valence-electron chi connectivity index (χ1n) is 8.40. The Hall–Kier alpha value is -1.36. The zero-order valence-electron chi connectivity index (χ0n) is 13.2. The number of anilines is 2. The summed E-state index contributed by atoms with van der Waals surface area (Å²) < 4.78 is 0. The van der Waals surface area contributed by atoms with Crippen molar-refractivity contribution < 1.29 is 0 Å². The molecule has 2 heterocycles. The number of hydrogen-bond acceptors (Lipinski definition) is 5. The maximum absolute atomic E-state index is 4.49. The van der Waals surface area contributed by atoms with Crippen LogP contribution in [0.1, 0.15) is 45.1 Å². The molecule has 0 spiro atoms. The fraction of sp³-hybridized carbons (Fsp3) is 0.750. The summed E-state index contributed by atoms with van der Waals surface area (Å²) >= 11 is 0. The fourth-order valence-electron chi connectivity index (χ4n) is 3.14. The molecular weight excluding hydrogens is 262 g/mol. The molecule has 2 N–H and O–H groups in total. The summed E-state index contributed by atoms with van der Waals surface area (Å²) in [6.45, 7) is 7.70. The van der Waals surface area contributed by atoms with Crippen molar-refractivity contribution in [2.24, 2.45) is 0 Å². The third-order valence-corrected chi connectivity index (χ3v) is 4.47. The lowest BCUT2D eigenvalue weighted by Crippen LogP contribution is -2.28. The predicted octanol–water partition coefficient (Wildman–Crippen LogP) is 2.51. The SMILES string of the molecule is CCCNc1ncnc(NC2CCN(C3CC3)C2)c1CC. The zero-order chi connectivity index (χ0) is 14.7. The summed E-state index contributed by atoms with van der Waals surface area (Å²) in [6, 6.07) is 1.40. The van der Waals surface area contributed by atoms with Crippen molar-refractivity contribution in [2.45, 2.75) is 58.0 Å². The fourth-order valence-corrected chi connectivity index (χ4v) is 3.14. The summed E-state index contributed by atoms with van der Waals surface area (Å²) in [4.78, 5) is 11.5. The third kappa shape index (κ3) is 3.46. The largest absolute Gasteiger partial charge is 0.370 e. The first-order valence-corrected chi connectivity index (χ1v) is 8.40. The van der Waals surface area contributed by atoms with E-state index in [9.17, 15) is 0 Å². The van der Waals surface area contributed by atoms with E-state index in [1.807, 2.05) is 0 Å². The number of nitrogens with one attached hydrogen (secondary N) is 2. The van der Waals surface area contributed by atoms with Crippen LogP contribution in [0.15, 0.2) is 6.33 Å². The molecule has 2 aliphatic rings. The molecule has 5 nitrogen and oxygen atoms in total. The van der Waals surface area contributed by atoms with E-state index >= 15 is 0 Å². The summed E-state index contributed by atoms with van der Waals surface area (Å²) in [5.41, 5.74) is 1.22. The molecule has 0 aromatic carbocycles. The van der Waals surface area contributed by atoms with Gasteiger partial charge in [0.1, 0.15) is 18.0 Å². The molecule has 0 bridgehead atoms. The third-order valence-electron chi connectivity index (χ3n) is 4.47. The van der Waals surface area contributed by atoms with Gasteiger partial charge in [-0.3, -0.25) is 4.90 Å². The molecule has 1 aromatic heterocycles. The lowest BCUT2D eigenvalue weighted by molar-refractivity contribution is 0.326. The molecule has 1 saturated heterocycles. The molecule has 116 valence electrons. The normalized spacial score (nSPS) is 22.5. The van der Waals surface area contributed by atoms with E-state index in [0.717, 1.165) is 43.6 Å². The van der Waals surface area contributed by atoms with E-state index in [4.69, 9.17) is 0 Å². The molecule has 1 saturated carbocycles. The summed E-state index contributed by atoms with van der Waals surface area (Å²) in [7, 11) is 0. The standard InChI is InChI=1S/C16H27N5/c1-3-8-17-15-14(4-2)16(19-11-18-15)20-12-7-9-21(10-12)13-5-6-13/h11-13H,3-10H2,1-2H3,(H2,17,18,19,20). The maximum Gasteiger partial charge on any atom is 0.134 e. The minimum atomic E-state index is 0.532. The van der Waals surface area contributed by atoms with E-state index < -0.39 is 0 Å². The van der Waals surface area contributed by atoms with Gasteiger partial charge < -0.3 is 10.6 Å². The van der Waals surface area contributed by atoms with E-state index in [1.54, 1.807) is 6.33 Å². The summed E-state index contributed by atoms with van der Waals surface area (Å²) in [5, 5.41) is 7.07. The van der Waals surface area contributed by atoms with Gasteiger partial charge in [-0.25, -0.2) is 9.97 Å². The molecule has 1 atom stereocenters. The second-order valence-electron chi connectivity index (χ2n) is 6.19. The molecule has 3 rings (SSSR count). The van der Waals surface area contributed by atoms with Crippen LogP contribution in [0.5, 0.6) is 0 Å². The molecule has 1 aromatic rings. The molecule has 1 aliphatic carbocycles. The smallest absolute Gasteiger partial charge is 0.134 e. The number of hydrogen-bond donors (Lipinski definition) is 2. The molecule has 5 heteroatoms. The number of rotatable bonds is 7. The van der Waals surface area contributed by atoms with Gasteiger partial charge >= 0.3 is 0 Å². The van der Waals surface area contributed by atoms with Gasteiger partial charge in [0.25, 0.3) is 0 Å². The second-order valence-corrected chi connectivity index (χ2v) is 6.19. The van der Waals surface area contributed by atoms with Crippen molar-refractivity contribution in [3.63, 3.8) is 0 Å². The van der Waals surface area contributed by atoms with Crippen LogP contribution in [0.2, 0.25) is 0 Å². The lowest BCUT2D eigenvalue weighted by Gasteiger charge is -2.19. The van der Waals surface area contributed by atoms with Crippen molar-refractivity contribution in [2.75, 3.05) is 30.3 Å². The van der Waals surface area contributed by atoms with E-state index in [2.05, 4.69) is 39.3 Å². The van der Waals surface area contributed by atoms with Crippen molar-refractivity contribution >= 4 is 11.6 Å². The van der Waals surface area contributed by atoms with E-state index in [-0.39, 0.29) is 0 Å². The maximum atomic E-state index is 4.49. The Morgan fingerprint density at radius 2 is 2.00 bits per heavy atom. The topological polar surface area (TPSA) is 53.1 Å². The highest BCUT2D eigenvalue weighted by Crippen LogP contribution is 2.31. The van der Waals surface area contributed by atoms with Crippen LogP contribution in [-0.4, -0.2) is 46.6 Å². The highest BCUT2D eigenvalue weighted by atomic mass is 15.2. The highest BCUT2D eigenvalue weighted by Gasteiger charge is 2.34. The molecule has 0 amide bonds. The minimum Gasteiger partial charge on any atom is -0.370 e. The molecule has 0 radical (unpaired) electrons. The molecule has 2 fully saturated rings. The number of likely N-dealkylation sites (tertiary alicyclic amines) is 1. The average Bonchev–Trinajstić information content (AvgIpc) is 3.25. The number of nitrogens with zero attached hydrogens (tertiary/aromatic N) is 3. The van der Waals surface area contributed by atoms with Crippen LogP contribution in [0.4, 0.5) is 11.6 Å². The highest BCUT2D eigenvalue weighted by molar-refractivity contribution is 5.57. The van der Waals surface area contributed by atoms with Gasteiger partial charge in [0.15, 0.2) is 0 Å². The Bertz CT molecular complexity index is 472. The monoisotopic (exact) mass is 289 g/mol. The Morgan fingerprint density at radius 1 is 1.19 bits per heavy atom. The van der Waals surface area contributed by atoms with Crippen LogP contribution < -0.4 is 10.6 Å². The first kappa shape index (κ1) is 14.6. The quantitative estimate of drug-likeness (QED) is 0.808. The lowest BCUT2D eigenvalue weighted by atomic mass is 10.2. The Morgan fingerprint density at radius 3 is 2.71 bits per heavy atom. The molecule has 21 heavy (non-hydrogen) atoms. The van der Waals surface area contributed by atoms with Crippen LogP contribution in [0, 0.1) is 0 Å². The minimum absolute atomic E-state index is 0.532. The summed E-state index contributed by atoms with van der Waals surface area (Å²) in [6.07, 6.45) is 7.74. The van der Waals surface area contributed by atoms with Crippen molar-refractivity contribution in [3.8, 4) is 0 Å². The van der Waals surface area contributed by atoms with E-state index in [1.165, 1.54) is 31.4 Å². The van der Waals surface area contributed by atoms with Gasteiger partial charge in [0, 0.05) is 37.3 Å². The van der Waals surface area contributed by atoms with Gasteiger partial charge in [-0.05, 0) is 32.1 Å². The molecule has 1 unspecified atom stereocenters. The first-order chi connectivity index (χ1) is 10.3. The van der Waals surface area contributed by atoms with E-state index in [0.29, 0.717) is 6.04 Å². The van der Waals surface area contributed by atoms with Crippen LogP contribution >= 0.6 is 0 Å². The molecule has 1 aliphatic heterocycles. The zero-order valence-corrected chi connectivity index (χ0v) is 13.2. The van der Waals surface area contributed by atoms with Crippen LogP contribution in [-0.2, 0) is 6.42 Å². The van der Waals surface area contributed by atoms with Crippen LogP contribution in [0.25, 0.3) is 0 Å². The van der Waals surface area contributed by atoms with Gasteiger partial charge in [-0.15, -0.1) is 0 Å². The number of aromatic nitrogens is 2. The Balaban J connectivity index is 1.66. The second kappa shape index (κ2) is 6.60. The van der Waals surface area contributed by atoms with Gasteiger partial charge in [-0.1, -0.05) is 13.8 Å². The van der Waals surface area contributed by atoms with Crippen molar-refractivity contribution in [1.29, 1.82) is 0 Å². The van der Waals surface area contributed by atoms with Gasteiger partial charge in [0.2, 0.25) is 0 Å². The Kier molecular flexibility index (Phi) is 4.58. The predicted molar refractivity (Wildman–Crippen MR) is 86.8 cm³/mol. The van der Waals surface area contributed by atoms with Crippen LogP contribution in [0.3, 0.4) is 0 Å². The summed E-state index contributed by atoms with van der Waals surface area (Å²) in [5.74, 6) is 2.02. The van der Waals surface area contributed by atoms with Crippen molar-refractivity contribution in [1.82, 2.24) is 14.9 Å². The van der Waals surface area contributed by atoms with Gasteiger partial charge in [0.05, 0.1) is 0 Å². The Labute approximate surface area is 127 Å². The van der Waals surface area contributed by atoms with Crippen molar-refractivity contribution in [3.05, 3.63) is 11.9 Å².